The molecule has 0 unspecified atom stereocenters. The zero-order valence-electron chi connectivity index (χ0n) is 32.4. The van der Waals surface area contributed by atoms with Gasteiger partial charge in [0.25, 0.3) is 0 Å². The molecule has 5 heteroatoms. The molecule has 0 saturated carbocycles. The third kappa shape index (κ3) is 5.39. The maximum atomic E-state index is 6.55. The van der Waals surface area contributed by atoms with Crippen molar-refractivity contribution >= 4 is 53.4 Å². The predicted octanol–water partition coefficient (Wildman–Crippen LogP) is 14.8. The summed E-state index contributed by atoms with van der Waals surface area (Å²) in [5.41, 5.74) is 14.2. The van der Waals surface area contributed by atoms with E-state index in [-0.39, 0.29) is 5.41 Å². The molecule has 0 fully saturated rings. The number of nitrogens with zero attached hydrogens (tertiary/aromatic N) is 3. The largest absolute Gasteiger partial charge is 0.456 e. The lowest BCUT2D eigenvalue weighted by molar-refractivity contribution is 0.660. The second kappa shape index (κ2) is 12.9. The Morgan fingerprint density at radius 3 is 1.92 bits per heavy atom. The zero-order chi connectivity index (χ0) is 39.2. The molecule has 0 spiro atoms. The first-order chi connectivity index (χ1) is 29.0. The highest BCUT2D eigenvalue weighted by Gasteiger charge is 2.35. The summed E-state index contributed by atoms with van der Waals surface area (Å²) in [6, 6.07) is 62.5. The van der Waals surface area contributed by atoms with Crippen LogP contribution in [-0.4, -0.2) is 15.0 Å². The molecule has 0 bridgehead atoms. The molecule has 12 rings (SSSR count). The van der Waals surface area contributed by atoms with Crippen molar-refractivity contribution in [3.63, 3.8) is 0 Å². The highest BCUT2D eigenvalue weighted by molar-refractivity contribution is 7.25. The molecule has 278 valence electrons. The van der Waals surface area contributed by atoms with Crippen LogP contribution in [0.25, 0.3) is 110 Å². The molecular formula is C54H35N3OS. The topological polar surface area (TPSA) is 51.8 Å². The Morgan fingerprint density at radius 2 is 1.02 bits per heavy atom. The fourth-order valence-corrected chi connectivity index (χ4v) is 10.3. The van der Waals surface area contributed by atoms with Gasteiger partial charge in [0.1, 0.15) is 11.2 Å². The summed E-state index contributed by atoms with van der Waals surface area (Å²) in [6.07, 6.45) is 0. The first-order valence-electron chi connectivity index (χ1n) is 20.0. The number of hydrogen-bond acceptors (Lipinski definition) is 5. The Labute approximate surface area is 345 Å². The lowest BCUT2D eigenvalue weighted by atomic mass is 9.82. The molecule has 0 atom stereocenters. The van der Waals surface area contributed by atoms with E-state index in [9.17, 15) is 0 Å². The summed E-state index contributed by atoms with van der Waals surface area (Å²) >= 11 is 1.79. The van der Waals surface area contributed by atoms with Gasteiger partial charge in [-0.05, 0) is 87.0 Å². The minimum absolute atomic E-state index is 0.0428. The van der Waals surface area contributed by atoms with Crippen LogP contribution in [0.15, 0.2) is 180 Å². The monoisotopic (exact) mass is 773 g/mol. The first-order valence-corrected chi connectivity index (χ1v) is 20.8. The van der Waals surface area contributed by atoms with Crippen LogP contribution >= 0.6 is 11.3 Å². The van der Waals surface area contributed by atoms with Gasteiger partial charge in [0, 0.05) is 53.1 Å². The molecule has 3 heterocycles. The van der Waals surface area contributed by atoms with Gasteiger partial charge in [-0.3, -0.25) is 0 Å². The van der Waals surface area contributed by atoms with Crippen molar-refractivity contribution in [2.24, 2.45) is 0 Å². The van der Waals surface area contributed by atoms with E-state index >= 15 is 0 Å². The van der Waals surface area contributed by atoms with E-state index < -0.39 is 0 Å². The Bertz CT molecular complexity index is 3490. The number of benzene rings is 8. The average Bonchev–Trinajstić information content (AvgIpc) is 3.93. The van der Waals surface area contributed by atoms with Gasteiger partial charge in [0.2, 0.25) is 0 Å². The van der Waals surface area contributed by atoms with Crippen LogP contribution in [0.5, 0.6) is 0 Å². The van der Waals surface area contributed by atoms with E-state index in [1.807, 2.05) is 18.2 Å². The van der Waals surface area contributed by atoms with Crippen LogP contribution in [0.2, 0.25) is 0 Å². The van der Waals surface area contributed by atoms with E-state index in [0.29, 0.717) is 17.5 Å². The minimum Gasteiger partial charge on any atom is -0.456 e. The fourth-order valence-electron chi connectivity index (χ4n) is 9.18. The van der Waals surface area contributed by atoms with Crippen molar-refractivity contribution in [2.45, 2.75) is 19.3 Å². The lowest BCUT2D eigenvalue weighted by Crippen LogP contribution is -2.14. The zero-order valence-corrected chi connectivity index (χ0v) is 33.2. The number of aromatic nitrogens is 3. The van der Waals surface area contributed by atoms with E-state index in [1.54, 1.807) is 11.3 Å². The summed E-state index contributed by atoms with van der Waals surface area (Å²) in [5.74, 6) is 1.84. The SMILES string of the molecule is CC1(C)c2ccccc2-c2cc(-c3ccc4oc5cccc(-c6nc(-c7cccc(-c8ccccc8)c7)nc(-c7ccc8c(c7)sc7ccccc78)n6)c5c4c3)ccc21. The van der Waals surface area contributed by atoms with Gasteiger partial charge in [-0.2, -0.15) is 0 Å². The van der Waals surface area contributed by atoms with Crippen molar-refractivity contribution in [2.75, 3.05) is 0 Å². The molecule has 1 aliphatic rings. The first kappa shape index (κ1) is 33.9. The molecule has 0 amide bonds. The maximum Gasteiger partial charge on any atom is 0.164 e. The molecule has 4 nitrogen and oxygen atoms in total. The van der Waals surface area contributed by atoms with Crippen LogP contribution in [0.3, 0.4) is 0 Å². The van der Waals surface area contributed by atoms with Gasteiger partial charge < -0.3 is 4.42 Å². The van der Waals surface area contributed by atoms with Gasteiger partial charge >= 0.3 is 0 Å². The van der Waals surface area contributed by atoms with Gasteiger partial charge in [-0.25, -0.2) is 15.0 Å². The van der Waals surface area contributed by atoms with Crippen LogP contribution in [0.1, 0.15) is 25.0 Å². The Hall–Kier alpha value is -7.21. The second-order valence-electron chi connectivity index (χ2n) is 16.0. The van der Waals surface area contributed by atoms with Gasteiger partial charge in [0.05, 0.1) is 0 Å². The number of thiophene rings is 1. The van der Waals surface area contributed by atoms with Crippen LogP contribution in [-0.2, 0) is 5.41 Å². The van der Waals surface area contributed by atoms with Crippen molar-refractivity contribution < 1.29 is 4.42 Å². The van der Waals surface area contributed by atoms with E-state index in [1.165, 1.54) is 48.0 Å². The summed E-state index contributed by atoms with van der Waals surface area (Å²) in [7, 11) is 0. The van der Waals surface area contributed by atoms with E-state index in [0.717, 1.165) is 55.3 Å². The van der Waals surface area contributed by atoms with Gasteiger partial charge in [-0.15, -0.1) is 11.3 Å². The van der Waals surface area contributed by atoms with Crippen molar-refractivity contribution in [3.8, 4) is 67.5 Å². The predicted molar refractivity (Wildman–Crippen MR) is 245 cm³/mol. The third-order valence-corrected chi connectivity index (χ3v) is 13.3. The summed E-state index contributed by atoms with van der Waals surface area (Å²) in [6.45, 7) is 4.64. The second-order valence-corrected chi connectivity index (χ2v) is 17.1. The quantitative estimate of drug-likeness (QED) is 0.175. The molecule has 8 aromatic carbocycles. The molecule has 59 heavy (non-hydrogen) atoms. The molecule has 0 radical (unpaired) electrons. The van der Waals surface area contributed by atoms with Crippen LogP contribution in [0.4, 0.5) is 0 Å². The lowest BCUT2D eigenvalue weighted by Gasteiger charge is -2.21. The van der Waals surface area contributed by atoms with Crippen molar-refractivity contribution in [1.29, 1.82) is 0 Å². The van der Waals surface area contributed by atoms with Gasteiger partial charge in [-0.1, -0.05) is 147 Å². The molecule has 1 aliphatic carbocycles. The summed E-state index contributed by atoms with van der Waals surface area (Å²) in [4.78, 5) is 15.7. The highest BCUT2D eigenvalue weighted by atomic mass is 32.1. The van der Waals surface area contributed by atoms with Gasteiger partial charge in [0.15, 0.2) is 17.5 Å². The molecule has 0 N–H and O–H groups in total. The number of hydrogen-bond donors (Lipinski definition) is 0. The molecule has 11 aromatic rings. The summed E-state index contributed by atoms with van der Waals surface area (Å²) < 4.78 is 9.02. The molecular weight excluding hydrogens is 739 g/mol. The fraction of sp³-hybridized carbons (Fsp3) is 0.0556. The number of furan rings is 1. The van der Waals surface area contributed by atoms with E-state index in [2.05, 4.69) is 172 Å². The number of rotatable bonds is 5. The Morgan fingerprint density at radius 1 is 0.390 bits per heavy atom. The minimum atomic E-state index is -0.0428. The molecule has 0 saturated heterocycles. The smallest absolute Gasteiger partial charge is 0.164 e. The summed E-state index contributed by atoms with van der Waals surface area (Å²) in [5, 5.41) is 4.51. The van der Waals surface area contributed by atoms with E-state index in [4.69, 9.17) is 19.4 Å². The van der Waals surface area contributed by atoms with Crippen LogP contribution in [0, 0.1) is 0 Å². The normalized spacial score (nSPS) is 13.1. The highest BCUT2D eigenvalue weighted by Crippen LogP contribution is 2.50. The number of fused-ring (bicyclic) bond motifs is 9. The van der Waals surface area contributed by atoms with Crippen molar-refractivity contribution in [1.82, 2.24) is 15.0 Å². The maximum absolute atomic E-state index is 6.55. The Kier molecular flexibility index (Phi) is 7.41. The van der Waals surface area contributed by atoms with Crippen molar-refractivity contribution in [3.05, 3.63) is 187 Å². The third-order valence-electron chi connectivity index (χ3n) is 12.2. The standard InChI is InChI=1S/C54H35N3OS/c1-54(2)44-19-8-6-16-38(44)42-29-34(23-26-45(42)54)35-24-27-46-43(30-35)50-41(18-11-20-47(50)58-46)53-56-51(36-15-10-14-33(28-36)32-12-4-3-5-13-32)55-52(57-53)37-22-25-40-39-17-7-9-21-48(39)59-49(40)31-37/h3-31H,1-2H3. The average molecular weight is 774 g/mol. The molecule has 0 aliphatic heterocycles. The molecule has 3 aromatic heterocycles. The Balaban J connectivity index is 1.04. The van der Waals surface area contributed by atoms with Crippen LogP contribution < -0.4 is 0 Å².